The fourth-order valence-corrected chi connectivity index (χ4v) is 2.12. The van der Waals surface area contributed by atoms with Gasteiger partial charge >= 0.3 is 5.97 Å². The fourth-order valence-electron chi connectivity index (χ4n) is 1.93. The topological polar surface area (TPSA) is 96.5 Å². The van der Waals surface area contributed by atoms with Crippen molar-refractivity contribution in [1.29, 1.82) is 0 Å². The van der Waals surface area contributed by atoms with Crippen LogP contribution in [0.2, 0.25) is 5.02 Å². The van der Waals surface area contributed by atoms with Crippen LogP contribution in [0.3, 0.4) is 0 Å². The highest BCUT2D eigenvalue weighted by molar-refractivity contribution is 6.30. The van der Waals surface area contributed by atoms with Crippen LogP contribution in [-0.4, -0.2) is 36.5 Å². The van der Waals surface area contributed by atoms with Crippen LogP contribution in [0.15, 0.2) is 24.3 Å². The summed E-state index contributed by atoms with van der Waals surface area (Å²) in [5.74, 6) is -1.51. The van der Waals surface area contributed by atoms with Gasteiger partial charge in [0.1, 0.15) is 5.54 Å². The highest BCUT2D eigenvalue weighted by Gasteiger charge is 2.38. The molecule has 1 atom stereocenters. The molecular weight excluding hydrogens is 346 g/mol. The van der Waals surface area contributed by atoms with Gasteiger partial charge in [0, 0.05) is 10.6 Å². The maximum atomic E-state index is 12.1. The van der Waals surface area contributed by atoms with Gasteiger partial charge in [0.05, 0.1) is 13.2 Å². The quantitative estimate of drug-likeness (QED) is 0.502. The molecule has 0 spiro atoms. The second-order valence-electron chi connectivity index (χ2n) is 5.94. The number of hydrogen-bond donors (Lipinski definition) is 3. The maximum absolute atomic E-state index is 12.1. The molecule has 0 aliphatic heterocycles. The monoisotopic (exact) mass is 369 g/mol. The molecule has 1 aromatic carbocycles. The summed E-state index contributed by atoms with van der Waals surface area (Å²) in [4.78, 5) is 36.0. The molecule has 25 heavy (non-hydrogen) atoms. The lowest BCUT2D eigenvalue weighted by molar-refractivity contribution is -0.152. The first-order valence-corrected chi connectivity index (χ1v) is 8.35. The average Bonchev–Trinajstić information content (AvgIpc) is 2.57. The standard InChI is InChI=1S/C17H24ClN3O4/c1-5-25-16(24)17(4,11(2)3)19-10-14(22)20-21-15(23)12-7-6-8-13(18)9-12/h6-9,11,19H,5,10H2,1-4H3,(H,20,22)(H,21,23)/t17-/m0/s1. The van der Waals surface area contributed by atoms with E-state index in [2.05, 4.69) is 16.2 Å². The molecule has 7 nitrogen and oxygen atoms in total. The molecule has 0 unspecified atom stereocenters. The Morgan fingerprint density at radius 1 is 1.24 bits per heavy atom. The van der Waals surface area contributed by atoms with Crippen LogP contribution >= 0.6 is 11.6 Å². The van der Waals surface area contributed by atoms with Gasteiger partial charge in [-0.05, 0) is 38.0 Å². The Balaban J connectivity index is 2.55. The SMILES string of the molecule is CCOC(=O)[C@@](C)(NCC(=O)NNC(=O)c1cccc(Cl)c1)C(C)C. The van der Waals surface area contributed by atoms with Crippen LogP contribution in [-0.2, 0) is 14.3 Å². The van der Waals surface area contributed by atoms with E-state index in [-0.39, 0.29) is 19.1 Å². The minimum absolute atomic E-state index is 0.0969. The van der Waals surface area contributed by atoms with Crippen LogP contribution in [0.4, 0.5) is 0 Å². The predicted octanol–water partition coefficient (Wildman–Crippen LogP) is 1.67. The lowest BCUT2D eigenvalue weighted by atomic mass is 9.88. The number of nitrogens with one attached hydrogen (secondary N) is 3. The van der Waals surface area contributed by atoms with Crippen LogP contribution in [0.5, 0.6) is 0 Å². The lowest BCUT2D eigenvalue weighted by Crippen LogP contribution is -2.57. The Hall–Kier alpha value is -2.12. The molecule has 0 bridgehead atoms. The van der Waals surface area contributed by atoms with Crippen LogP contribution in [0, 0.1) is 5.92 Å². The van der Waals surface area contributed by atoms with Gasteiger partial charge in [-0.1, -0.05) is 31.5 Å². The van der Waals surface area contributed by atoms with Crippen molar-refractivity contribution in [3.8, 4) is 0 Å². The van der Waals surface area contributed by atoms with Crippen molar-refractivity contribution in [2.24, 2.45) is 5.92 Å². The van der Waals surface area contributed by atoms with Crippen molar-refractivity contribution in [2.75, 3.05) is 13.2 Å². The summed E-state index contributed by atoms with van der Waals surface area (Å²) in [6.45, 7) is 7.18. The molecule has 8 heteroatoms. The van der Waals surface area contributed by atoms with E-state index in [1.807, 2.05) is 13.8 Å². The summed E-state index contributed by atoms with van der Waals surface area (Å²) in [6.07, 6.45) is 0. The number of carbonyl (C=O) groups excluding carboxylic acids is 3. The summed E-state index contributed by atoms with van der Waals surface area (Å²) < 4.78 is 5.05. The first-order valence-electron chi connectivity index (χ1n) is 7.97. The van der Waals surface area contributed by atoms with E-state index in [1.54, 1.807) is 32.0 Å². The first-order chi connectivity index (χ1) is 11.7. The van der Waals surface area contributed by atoms with Crippen molar-refractivity contribution < 1.29 is 19.1 Å². The lowest BCUT2D eigenvalue weighted by Gasteiger charge is -2.32. The highest BCUT2D eigenvalue weighted by atomic mass is 35.5. The van der Waals surface area contributed by atoms with Gasteiger partial charge in [0.25, 0.3) is 11.8 Å². The van der Waals surface area contributed by atoms with E-state index in [0.29, 0.717) is 10.6 Å². The van der Waals surface area contributed by atoms with E-state index < -0.39 is 23.3 Å². The van der Waals surface area contributed by atoms with E-state index in [0.717, 1.165) is 0 Å². The van der Waals surface area contributed by atoms with Crippen molar-refractivity contribution in [2.45, 2.75) is 33.2 Å². The number of rotatable bonds is 7. The molecule has 0 saturated heterocycles. The van der Waals surface area contributed by atoms with Gasteiger partial charge < -0.3 is 4.74 Å². The zero-order valence-electron chi connectivity index (χ0n) is 14.8. The summed E-state index contributed by atoms with van der Waals surface area (Å²) in [7, 11) is 0. The average molecular weight is 370 g/mol. The molecule has 0 aromatic heterocycles. The Bertz CT molecular complexity index is 636. The zero-order valence-corrected chi connectivity index (χ0v) is 15.6. The van der Waals surface area contributed by atoms with Crippen molar-refractivity contribution in [3.63, 3.8) is 0 Å². The number of amides is 2. The molecule has 1 aromatic rings. The fraction of sp³-hybridized carbons (Fsp3) is 0.471. The zero-order chi connectivity index (χ0) is 19.0. The molecule has 0 aliphatic carbocycles. The van der Waals surface area contributed by atoms with E-state index >= 15 is 0 Å². The second kappa shape index (κ2) is 9.39. The number of carbonyl (C=O) groups is 3. The number of benzene rings is 1. The minimum Gasteiger partial charge on any atom is -0.465 e. The predicted molar refractivity (Wildman–Crippen MR) is 94.9 cm³/mol. The molecule has 138 valence electrons. The number of hydrogen-bond acceptors (Lipinski definition) is 5. The number of ether oxygens (including phenoxy) is 1. The van der Waals surface area contributed by atoms with Gasteiger partial charge in [0.15, 0.2) is 0 Å². The van der Waals surface area contributed by atoms with Crippen LogP contribution in [0.1, 0.15) is 38.1 Å². The molecular formula is C17H24ClN3O4. The van der Waals surface area contributed by atoms with Crippen molar-refractivity contribution in [3.05, 3.63) is 34.9 Å². The molecule has 0 heterocycles. The third kappa shape index (κ3) is 6.03. The van der Waals surface area contributed by atoms with Gasteiger partial charge in [-0.2, -0.15) is 0 Å². The number of esters is 1. The summed E-state index contributed by atoms with van der Waals surface area (Å²) >= 11 is 5.82. The molecule has 0 radical (unpaired) electrons. The van der Waals surface area contributed by atoms with Gasteiger partial charge in [0.2, 0.25) is 0 Å². The Kier molecular flexibility index (Phi) is 7.86. The Morgan fingerprint density at radius 3 is 2.48 bits per heavy atom. The van der Waals surface area contributed by atoms with Gasteiger partial charge in [-0.25, -0.2) is 0 Å². The Labute approximate surface area is 152 Å². The van der Waals surface area contributed by atoms with Crippen molar-refractivity contribution >= 4 is 29.4 Å². The van der Waals surface area contributed by atoms with Gasteiger partial charge in [-0.15, -0.1) is 0 Å². The second-order valence-corrected chi connectivity index (χ2v) is 6.38. The van der Waals surface area contributed by atoms with E-state index in [1.165, 1.54) is 6.07 Å². The van der Waals surface area contributed by atoms with Crippen LogP contribution in [0.25, 0.3) is 0 Å². The highest BCUT2D eigenvalue weighted by Crippen LogP contribution is 2.18. The normalized spacial score (nSPS) is 13.0. The number of hydrazine groups is 1. The maximum Gasteiger partial charge on any atom is 0.326 e. The summed E-state index contributed by atoms with van der Waals surface area (Å²) in [6, 6.07) is 6.33. The smallest absolute Gasteiger partial charge is 0.326 e. The minimum atomic E-state index is -1.01. The molecule has 2 amide bonds. The summed E-state index contributed by atoms with van der Waals surface area (Å²) in [5.41, 5.74) is 3.89. The van der Waals surface area contributed by atoms with Gasteiger partial charge in [-0.3, -0.25) is 30.6 Å². The largest absolute Gasteiger partial charge is 0.465 e. The molecule has 3 N–H and O–H groups in total. The van der Waals surface area contributed by atoms with Crippen molar-refractivity contribution in [1.82, 2.24) is 16.2 Å². The van der Waals surface area contributed by atoms with E-state index in [4.69, 9.17) is 16.3 Å². The molecule has 0 aliphatic rings. The molecule has 1 rings (SSSR count). The third-order valence-corrected chi connectivity index (χ3v) is 4.11. The first kappa shape index (κ1) is 20.9. The molecule has 0 fully saturated rings. The molecule has 0 saturated carbocycles. The summed E-state index contributed by atoms with van der Waals surface area (Å²) in [5, 5.41) is 3.31. The van der Waals surface area contributed by atoms with E-state index in [9.17, 15) is 14.4 Å². The third-order valence-electron chi connectivity index (χ3n) is 3.87. The van der Waals surface area contributed by atoms with Crippen LogP contribution < -0.4 is 16.2 Å². The number of halogens is 1. The Morgan fingerprint density at radius 2 is 1.92 bits per heavy atom.